The molecule has 3 N–H and O–H groups in total. The van der Waals surface area contributed by atoms with Crippen LogP contribution in [0.1, 0.15) is 44.2 Å². The molecule has 1 saturated carbocycles. The van der Waals surface area contributed by atoms with Crippen LogP contribution in [0.3, 0.4) is 0 Å². The SMILES string of the molecule is CC(N)c1ccc(S(=O)(=O)NC2CCCC2)cc1. The van der Waals surface area contributed by atoms with Gasteiger partial charge >= 0.3 is 0 Å². The Balaban J connectivity index is 2.13. The molecule has 1 fully saturated rings. The lowest BCUT2D eigenvalue weighted by Crippen LogP contribution is -2.32. The Bertz CT molecular complexity index is 488. The molecule has 100 valence electrons. The summed E-state index contributed by atoms with van der Waals surface area (Å²) in [6.07, 6.45) is 4.10. The fourth-order valence-electron chi connectivity index (χ4n) is 2.28. The van der Waals surface area contributed by atoms with Gasteiger partial charge in [-0.1, -0.05) is 25.0 Å². The van der Waals surface area contributed by atoms with Crippen molar-refractivity contribution in [1.82, 2.24) is 4.72 Å². The molecule has 1 aromatic rings. The van der Waals surface area contributed by atoms with E-state index in [1.807, 2.05) is 6.92 Å². The fourth-order valence-corrected chi connectivity index (χ4v) is 3.59. The maximum Gasteiger partial charge on any atom is 0.240 e. The lowest BCUT2D eigenvalue weighted by molar-refractivity contribution is 0.552. The molecule has 0 heterocycles. The number of hydrogen-bond donors (Lipinski definition) is 2. The highest BCUT2D eigenvalue weighted by molar-refractivity contribution is 7.89. The zero-order chi connectivity index (χ0) is 13.2. The summed E-state index contributed by atoms with van der Waals surface area (Å²) in [4.78, 5) is 0.318. The average Bonchev–Trinajstić information content (AvgIpc) is 2.81. The number of rotatable bonds is 4. The normalized spacial score (nSPS) is 19.0. The summed E-state index contributed by atoms with van der Waals surface area (Å²) in [5.74, 6) is 0. The quantitative estimate of drug-likeness (QED) is 0.876. The second-order valence-electron chi connectivity index (χ2n) is 4.96. The number of nitrogens with two attached hydrogens (primary N) is 1. The van der Waals surface area contributed by atoms with Crippen molar-refractivity contribution in [1.29, 1.82) is 0 Å². The van der Waals surface area contributed by atoms with Crippen LogP contribution >= 0.6 is 0 Å². The van der Waals surface area contributed by atoms with Crippen molar-refractivity contribution < 1.29 is 8.42 Å². The Hall–Kier alpha value is -0.910. The molecule has 0 aliphatic heterocycles. The van der Waals surface area contributed by atoms with E-state index in [1.165, 1.54) is 0 Å². The molecular formula is C13H20N2O2S. The van der Waals surface area contributed by atoms with E-state index in [9.17, 15) is 8.42 Å². The molecule has 1 aliphatic carbocycles. The van der Waals surface area contributed by atoms with Gasteiger partial charge in [-0.05, 0) is 37.5 Å². The summed E-state index contributed by atoms with van der Waals surface area (Å²) in [6.45, 7) is 1.88. The van der Waals surface area contributed by atoms with Crippen LogP contribution in [0.4, 0.5) is 0 Å². The molecule has 1 aromatic carbocycles. The Morgan fingerprint density at radius 1 is 1.22 bits per heavy atom. The van der Waals surface area contributed by atoms with E-state index in [2.05, 4.69) is 4.72 Å². The minimum Gasteiger partial charge on any atom is -0.324 e. The van der Waals surface area contributed by atoms with E-state index in [4.69, 9.17) is 5.73 Å². The van der Waals surface area contributed by atoms with Crippen LogP contribution in [0.15, 0.2) is 29.2 Å². The van der Waals surface area contributed by atoms with E-state index >= 15 is 0 Å². The third-order valence-electron chi connectivity index (χ3n) is 3.39. The molecular weight excluding hydrogens is 248 g/mol. The fraction of sp³-hybridized carbons (Fsp3) is 0.538. The summed E-state index contributed by atoms with van der Waals surface area (Å²) in [6, 6.07) is 6.81. The van der Waals surface area contributed by atoms with E-state index in [1.54, 1.807) is 24.3 Å². The molecule has 1 unspecified atom stereocenters. The molecule has 4 nitrogen and oxygen atoms in total. The predicted octanol–water partition coefficient (Wildman–Crippen LogP) is 1.93. The van der Waals surface area contributed by atoms with Crippen LogP contribution in [0.5, 0.6) is 0 Å². The van der Waals surface area contributed by atoms with Gasteiger partial charge in [0.25, 0.3) is 0 Å². The van der Waals surface area contributed by atoms with Gasteiger partial charge in [0.1, 0.15) is 0 Å². The Kier molecular flexibility index (Phi) is 4.04. The minimum absolute atomic E-state index is 0.0791. The second-order valence-corrected chi connectivity index (χ2v) is 6.67. The monoisotopic (exact) mass is 268 g/mol. The van der Waals surface area contributed by atoms with Crippen LogP contribution < -0.4 is 10.5 Å². The summed E-state index contributed by atoms with van der Waals surface area (Å²) in [5, 5.41) is 0. The Morgan fingerprint density at radius 3 is 2.28 bits per heavy atom. The molecule has 0 aromatic heterocycles. The van der Waals surface area contributed by atoms with Gasteiger partial charge in [0.2, 0.25) is 10.0 Å². The van der Waals surface area contributed by atoms with Gasteiger partial charge in [0.05, 0.1) is 4.90 Å². The first-order chi connectivity index (χ1) is 8.49. The second kappa shape index (κ2) is 5.38. The largest absolute Gasteiger partial charge is 0.324 e. The molecule has 0 bridgehead atoms. The Labute approximate surface area is 109 Å². The van der Waals surface area contributed by atoms with E-state index < -0.39 is 10.0 Å². The molecule has 1 aliphatic rings. The smallest absolute Gasteiger partial charge is 0.240 e. The summed E-state index contributed by atoms with van der Waals surface area (Å²) < 4.78 is 27.0. The highest BCUT2D eigenvalue weighted by Crippen LogP contribution is 2.21. The van der Waals surface area contributed by atoms with Gasteiger partial charge in [-0.25, -0.2) is 13.1 Å². The van der Waals surface area contributed by atoms with Crippen LogP contribution in [0, 0.1) is 0 Å². The van der Waals surface area contributed by atoms with Crippen molar-refractivity contribution in [2.45, 2.75) is 49.6 Å². The highest BCUT2D eigenvalue weighted by atomic mass is 32.2. The number of nitrogens with one attached hydrogen (secondary N) is 1. The van der Waals surface area contributed by atoms with Crippen LogP contribution in [-0.4, -0.2) is 14.5 Å². The van der Waals surface area contributed by atoms with Gasteiger partial charge < -0.3 is 5.73 Å². The van der Waals surface area contributed by atoms with Crippen LogP contribution in [-0.2, 0) is 10.0 Å². The topological polar surface area (TPSA) is 72.2 Å². The van der Waals surface area contributed by atoms with Gasteiger partial charge in [-0.2, -0.15) is 0 Å². The first-order valence-electron chi connectivity index (χ1n) is 6.37. The Morgan fingerprint density at radius 2 is 1.78 bits per heavy atom. The van der Waals surface area contributed by atoms with Gasteiger partial charge in [0, 0.05) is 12.1 Å². The molecule has 0 saturated heterocycles. The van der Waals surface area contributed by atoms with Crippen molar-refractivity contribution in [3.63, 3.8) is 0 Å². The van der Waals surface area contributed by atoms with E-state index in [0.717, 1.165) is 31.2 Å². The minimum atomic E-state index is -3.38. The zero-order valence-electron chi connectivity index (χ0n) is 10.6. The first-order valence-corrected chi connectivity index (χ1v) is 7.85. The standard InChI is InChI=1S/C13H20N2O2S/c1-10(14)11-6-8-13(9-7-11)18(16,17)15-12-4-2-3-5-12/h6-10,12,15H,2-5,14H2,1H3. The summed E-state index contributed by atoms with van der Waals surface area (Å²) >= 11 is 0. The maximum atomic E-state index is 12.1. The molecule has 0 radical (unpaired) electrons. The predicted molar refractivity (Wildman–Crippen MR) is 71.6 cm³/mol. The molecule has 0 amide bonds. The molecule has 1 atom stereocenters. The third kappa shape index (κ3) is 3.10. The van der Waals surface area contributed by atoms with Crippen molar-refractivity contribution in [2.24, 2.45) is 5.73 Å². The highest BCUT2D eigenvalue weighted by Gasteiger charge is 2.22. The third-order valence-corrected chi connectivity index (χ3v) is 4.93. The van der Waals surface area contributed by atoms with Crippen LogP contribution in [0.2, 0.25) is 0 Å². The van der Waals surface area contributed by atoms with E-state index in [-0.39, 0.29) is 12.1 Å². The lowest BCUT2D eigenvalue weighted by Gasteiger charge is -2.13. The van der Waals surface area contributed by atoms with Gasteiger partial charge in [-0.3, -0.25) is 0 Å². The van der Waals surface area contributed by atoms with Crippen molar-refractivity contribution >= 4 is 10.0 Å². The maximum absolute atomic E-state index is 12.1. The summed E-state index contributed by atoms with van der Waals surface area (Å²) in [5.41, 5.74) is 6.68. The summed E-state index contributed by atoms with van der Waals surface area (Å²) in [7, 11) is -3.38. The zero-order valence-corrected chi connectivity index (χ0v) is 11.4. The lowest BCUT2D eigenvalue weighted by atomic mass is 10.1. The van der Waals surface area contributed by atoms with Crippen molar-refractivity contribution in [3.8, 4) is 0 Å². The average molecular weight is 268 g/mol. The number of sulfonamides is 1. The number of hydrogen-bond acceptors (Lipinski definition) is 3. The molecule has 18 heavy (non-hydrogen) atoms. The first kappa shape index (κ1) is 13.5. The van der Waals surface area contributed by atoms with Crippen molar-refractivity contribution in [3.05, 3.63) is 29.8 Å². The number of benzene rings is 1. The van der Waals surface area contributed by atoms with E-state index in [0.29, 0.717) is 4.90 Å². The molecule has 2 rings (SSSR count). The van der Waals surface area contributed by atoms with Gasteiger partial charge in [-0.15, -0.1) is 0 Å². The molecule has 0 spiro atoms. The van der Waals surface area contributed by atoms with Crippen LogP contribution in [0.25, 0.3) is 0 Å². The van der Waals surface area contributed by atoms with Crippen molar-refractivity contribution in [2.75, 3.05) is 0 Å². The van der Waals surface area contributed by atoms with Gasteiger partial charge in [0.15, 0.2) is 0 Å². The molecule has 5 heteroatoms.